The standard InChI is InChI=1S/C7H13ClO2/c1-5(2)7-9-4-6(3-8)10-7/h5-7H,3-4H2,1-2H3/t6-,7+/m0/s1. The molecule has 1 rings (SSSR count). The maximum absolute atomic E-state index is 5.57. The number of hydrogen-bond donors (Lipinski definition) is 0. The van der Waals surface area contributed by atoms with Crippen LogP contribution in [0.25, 0.3) is 0 Å². The molecule has 0 N–H and O–H groups in total. The Bertz CT molecular complexity index is 106. The fraction of sp³-hybridized carbons (Fsp3) is 1.00. The van der Waals surface area contributed by atoms with Crippen LogP contribution in [0, 0.1) is 5.92 Å². The van der Waals surface area contributed by atoms with Crippen molar-refractivity contribution in [1.29, 1.82) is 0 Å². The van der Waals surface area contributed by atoms with E-state index in [4.69, 9.17) is 21.1 Å². The number of rotatable bonds is 2. The van der Waals surface area contributed by atoms with Gasteiger partial charge in [-0.3, -0.25) is 0 Å². The van der Waals surface area contributed by atoms with Gasteiger partial charge in [-0.2, -0.15) is 0 Å². The van der Waals surface area contributed by atoms with Gasteiger partial charge in [-0.25, -0.2) is 0 Å². The molecule has 0 aromatic carbocycles. The Balaban J connectivity index is 2.28. The van der Waals surface area contributed by atoms with Crippen LogP contribution in [-0.2, 0) is 9.47 Å². The zero-order chi connectivity index (χ0) is 7.56. The van der Waals surface area contributed by atoms with E-state index >= 15 is 0 Å². The Labute approximate surface area is 66.5 Å². The lowest BCUT2D eigenvalue weighted by Crippen LogP contribution is -2.18. The third-order valence-corrected chi connectivity index (χ3v) is 1.83. The molecular formula is C7H13ClO2. The van der Waals surface area contributed by atoms with Crippen LogP contribution in [0.3, 0.4) is 0 Å². The molecule has 10 heavy (non-hydrogen) atoms. The molecular weight excluding hydrogens is 152 g/mol. The minimum Gasteiger partial charge on any atom is -0.350 e. The number of alkyl halides is 1. The van der Waals surface area contributed by atoms with Crippen LogP contribution in [0.5, 0.6) is 0 Å². The molecule has 0 bridgehead atoms. The first kappa shape index (κ1) is 8.31. The molecule has 1 saturated heterocycles. The molecule has 2 atom stereocenters. The van der Waals surface area contributed by atoms with Crippen molar-refractivity contribution in [3.63, 3.8) is 0 Å². The normalized spacial score (nSPS) is 33.6. The molecule has 0 aromatic heterocycles. The Hall–Kier alpha value is 0.210. The average Bonchev–Trinajstić information content (AvgIpc) is 2.34. The van der Waals surface area contributed by atoms with Gasteiger partial charge < -0.3 is 9.47 Å². The highest BCUT2D eigenvalue weighted by Crippen LogP contribution is 2.18. The van der Waals surface area contributed by atoms with Crippen molar-refractivity contribution in [1.82, 2.24) is 0 Å². The molecule has 1 heterocycles. The van der Waals surface area contributed by atoms with E-state index in [1.807, 2.05) is 0 Å². The van der Waals surface area contributed by atoms with Gasteiger partial charge in [0.05, 0.1) is 18.6 Å². The van der Waals surface area contributed by atoms with E-state index < -0.39 is 0 Å². The van der Waals surface area contributed by atoms with E-state index in [9.17, 15) is 0 Å². The van der Waals surface area contributed by atoms with Crippen molar-refractivity contribution in [3.05, 3.63) is 0 Å². The van der Waals surface area contributed by atoms with Crippen molar-refractivity contribution in [3.8, 4) is 0 Å². The lowest BCUT2D eigenvalue weighted by atomic mass is 10.2. The van der Waals surface area contributed by atoms with Crippen LogP contribution < -0.4 is 0 Å². The van der Waals surface area contributed by atoms with Crippen LogP contribution in [0.4, 0.5) is 0 Å². The molecule has 2 nitrogen and oxygen atoms in total. The van der Waals surface area contributed by atoms with Gasteiger partial charge in [0.25, 0.3) is 0 Å². The van der Waals surface area contributed by atoms with E-state index in [0.29, 0.717) is 18.4 Å². The molecule has 60 valence electrons. The highest BCUT2D eigenvalue weighted by Gasteiger charge is 2.27. The topological polar surface area (TPSA) is 18.5 Å². The van der Waals surface area contributed by atoms with Gasteiger partial charge in [-0.15, -0.1) is 11.6 Å². The van der Waals surface area contributed by atoms with Crippen LogP contribution in [-0.4, -0.2) is 24.9 Å². The van der Waals surface area contributed by atoms with E-state index in [1.54, 1.807) is 0 Å². The highest BCUT2D eigenvalue weighted by molar-refractivity contribution is 6.18. The van der Waals surface area contributed by atoms with Gasteiger partial charge in [-0.1, -0.05) is 13.8 Å². The highest BCUT2D eigenvalue weighted by atomic mass is 35.5. The molecule has 0 saturated carbocycles. The lowest BCUT2D eigenvalue weighted by molar-refractivity contribution is -0.0842. The van der Waals surface area contributed by atoms with Crippen molar-refractivity contribution in [2.45, 2.75) is 26.2 Å². The molecule has 0 radical (unpaired) electrons. The summed E-state index contributed by atoms with van der Waals surface area (Å²) < 4.78 is 10.7. The average molecular weight is 165 g/mol. The van der Waals surface area contributed by atoms with Crippen LogP contribution in [0.1, 0.15) is 13.8 Å². The van der Waals surface area contributed by atoms with Crippen LogP contribution in [0.2, 0.25) is 0 Å². The lowest BCUT2D eigenvalue weighted by Gasteiger charge is -2.12. The molecule has 0 spiro atoms. The number of halogens is 1. The van der Waals surface area contributed by atoms with E-state index in [1.165, 1.54) is 0 Å². The first-order valence-electron chi connectivity index (χ1n) is 3.57. The molecule has 1 aliphatic rings. The molecule has 0 amide bonds. The smallest absolute Gasteiger partial charge is 0.160 e. The van der Waals surface area contributed by atoms with Gasteiger partial charge in [0.2, 0.25) is 0 Å². The zero-order valence-corrected chi connectivity index (χ0v) is 7.10. The SMILES string of the molecule is CC(C)[C@@H]1OC[C@H](CCl)O1. The molecule has 0 aromatic rings. The number of hydrogen-bond acceptors (Lipinski definition) is 2. The van der Waals surface area contributed by atoms with Gasteiger partial charge in [0, 0.05) is 5.92 Å². The summed E-state index contributed by atoms with van der Waals surface area (Å²) in [5.74, 6) is 0.955. The van der Waals surface area contributed by atoms with Crippen molar-refractivity contribution >= 4 is 11.6 Å². The Morgan fingerprint density at radius 3 is 2.60 bits per heavy atom. The summed E-state index contributed by atoms with van der Waals surface area (Å²) >= 11 is 5.57. The first-order chi connectivity index (χ1) is 4.74. The fourth-order valence-corrected chi connectivity index (χ4v) is 1.06. The molecule has 1 aliphatic heterocycles. The second kappa shape index (κ2) is 3.56. The van der Waals surface area contributed by atoms with Gasteiger partial charge in [0.1, 0.15) is 0 Å². The Kier molecular flexibility index (Phi) is 2.96. The van der Waals surface area contributed by atoms with Gasteiger partial charge >= 0.3 is 0 Å². The maximum atomic E-state index is 5.57. The zero-order valence-electron chi connectivity index (χ0n) is 6.34. The van der Waals surface area contributed by atoms with E-state index in [-0.39, 0.29) is 12.4 Å². The van der Waals surface area contributed by atoms with Crippen LogP contribution in [0.15, 0.2) is 0 Å². The molecule has 1 fully saturated rings. The third-order valence-electron chi connectivity index (χ3n) is 1.49. The van der Waals surface area contributed by atoms with Crippen LogP contribution >= 0.6 is 11.6 Å². The molecule has 0 aliphatic carbocycles. The van der Waals surface area contributed by atoms with E-state index in [2.05, 4.69) is 13.8 Å². The summed E-state index contributed by atoms with van der Waals surface area (Å²) in [4.78, 5) is 0. The summed E-state index contributed by atoms with van der Waals surface area (Å²) in [6.45, 7) is 4.79. The van der Waals surface area contributed by atoms with Gasteiger partial charge in [-0.05, 0) is 0 Å². The minimum absolute atomic E-state index is 0.0382. The Morgan fingerprint density at radius 1 is 1.60 bits per heavy atom. The Morgan fingerprint density at radius 2 is 2.30 bits per heavy atom. The summed E-state index contributed by atoms with van der Waals surface area (Å²) in [7, 11) is 0. The summed E-state index contributed by atoms with van der Waals surface area (Å²) in [6, 6.07) is 0. The summed E-state index contributed by atoms with van der Waals surface area (Å²) in [5, 5.41) is 0. The van der Waals surface area contributed by atoms with Crippen molar-refractivity contribution in [2.75, 3.05) is 12.5 Å². The van der Waals surface area contributed by atoms with Crippen molar-refractivity contribution < 1.29 is 9.47 Å². The summed E-state index contributed by atoms with van der Waals surface area (Å²) in [5.41, 5.74) is 0. The second-order valence-electron chi connectivity index (χ2n) is 2.86. The quantitative estimate of drug-likeness (QED) is 0.578. The van der Waals surface area contributed by atoms with Crippen molar-refractivity contribution in [2.24, 2.45) is 5.92 Å². The maximum Gasteiger partial charge on any atom is 0.160 e. The summed E-state index contributed by atoms with van der Waals surface area (Å²) in [6.07, 6.45) is 0.0674. The fourth-order valence-electron chi connectivity index (χ4n) is 0.901. The molecule has 3 heteroatoms. The largest absolute Gasteiger partial charge is 0.350 e. The molecule has 0 unspecified atom stereocenters. The minimum atomic E-state index is -0.0382. The monoisotopic (exact) mass is 164 g/mol. The first-order valence-corrected chi connectivity index (χ1v) is 4.10. The number of ether oxygens (including phenoxy) is 2. The predicted octanol–water partition coefficient (Wildman–Crippen LogP) is 1.62. The third kappa shape index (κ3) is 1.84. The predicted molar refractivity (Wildman–Crippen MR) is 40.2 cm³/mol. The second-order valence-corrected chi connectivity index (χ2v) is 3.17. The van der Waals surface area contributed by atoms with Gasteiger partial charge in [0.15, 0.2) is 6.29 Å². The van der Waals surface area contributed by atoms with E-state index in [0.717, 1.165) is 0 Å².